The lowest BCUT2D eigenvalue weighted by atomic mass is 10.0. The Labute approximate surface area is 121 Å². The lowest BCUT2D eigenvalue weighted by Crippen LogP contribution is -2.53. The molecule has 0 spiro atoms. The van der Waals surface area contributed by atoms with Gasteiger partial charge in [-0.05, 0) is 38.5 Å². The van der Waals surface area contributed by atoms with Crippen molar-refractivity contribution in [2.24, 2.45) is 5.73 Å². The highest BCUT2D eigenvalue weighted by molar-refractivity contribution is 5.60. The predicted molar refractivity (Wildman–Crippen MR) is 82.6 cm³/mol. The van der Waals surface area contributed by atoms with Crippen LogP contribution in [0, 0.1) is 11.3 Å². The Kier molecular flexibility index (Phi) is 4.32. The van der Waals surface area contributed by atoms with Crippen LogP contribution in [0.25, 0.3) is 0 Å². The van der Waals surface area contributed by atoms with Crippen LogP contribution < -0.4 is 10.6 Å². The Balaban J connectivity index is 2.13. The van der Waals surface area contributed by atoms with Gasteiger partial charge in [-0.15, -0.1) is 0 Å². The summed E-state index contributed by atoms with van der Waals surface area (Å²) in [5.74, 6) is 0. The van der Waals surface area contributed by atoms with Crippen LogP contribution in [0.4, 0.5) is 5.69 Å². The Bertz CT molecular complexity index is 502. The predicted octanol–water partition coefficient (Wildman–Crippen LogP) is 1.94. The number of nitrogens with zero attached hydrogens (tertiary/aromatic N) is 3. The van der Waals surface area contributed by atoms with E-state index in [9.17, 15) is 5.26 Å². The lowest BCUT2D eigenvalue weighted by molar-refractivity contribution is 0.128. The van der Waals surface area contributed by atoms with Crippen molar-refractivity contribution >= 4 is 5.69 Å². The van der Waals surface area contributed by atoms with Crippen LogP contribution in [0.15, 0.2) is 18.2 Å². The van der Waals surface area contributed by atoms with Gasteiger partial charge in [0.05, 0.1) is 11.3 Å². The number of benzene rings is 1. The van der Waals surface area contributed by atoms with Crippen molar-refractivity contribution in [1.29, 1.82) is 5.26 Å². The number of nitriles is 1. The summed E-state index contributed by atoms with van der Waals surface area (Å²) in [6, 6.07) is 8.26. The zero-order valence-electron chi connectivity index (χ0n) is 12.7. The lowest BCUT2D eigenvalue weighted by Gasteiger charge is -2.43. The summed E-state index contributed by atoms with van der Waals surface area (Å²) < 4.78 is 0. The van der Waals surface area contributed by atoms with Crippen molar-refractivity contribution in [2.45, 2.75) is 32.9 Å². The second-order valence-electron chi connectivity index (χ2n) is 6.31. The normalized spacial score (nSPS) is 17.1. The standard InChI is InChI=1S/C16H24N4/c1-16(2,3)20-8-6-19(7-9-20)15-5-4-13(11-17)10-14(15)12-18/h4-5,10H,6-9,11,17H2,1-3H3. The molecular formula is C16H24N4. The van der Waals surface area contributed by atoms with Gasteiger partial charge in [-0.3, -0.25) is 4.90 Å². The van der Waals surface area contributed by atoms with Crippen molar-refractivity contribution in [2.75, 3.05) is 31.1 Å². The molecule has 4 nitrogen and oxygen atoms in total. The second-order valence-corrected chi connectivity index (χ2v) is 6.31. The van der Waals surface area contributed by atoms with Crippen molar-refractivity contribution in [3.63, 3.8) is 0 Å². The van der Waals surface area contributed by atoms with Gasteiger partial charge in [-0.1, -0.05) is 6.07 Å². The largest absolute Gasteiger partial charge is 0.368 e. The summed E-state index contributed by atoms with van der Waals surface area (Å²) in [5.41, 5.74) is 8.64. The molecular weight excluding hydrogens is 248 g/mol. The third-order valence-corrected chi connectivity index (χ3v) is 3.99. The van der Waals surface area contributed by atoms with Gasteiger partial charge in [0.25, 0.3) is 0 Å². The maximum absolute atomic E-state index is 9.32. The summed E-state index contributed by atoms with van der Waals surface area (Å²) in [5, 5.41) is 9.32. The van der Waals surface area contributed by atoms with Crippen LogP contribution in [0.3, 0.4) is 0 Å². The fraction of sp³-hybridized carbons (Fsp3) is 0.562. The minimum atomic E-state index is 0.216. The molecule has 1 aromatic carbocycles. The van der Waals surface area contributed by atoms with Crippen LogP contribution in [0.1, 0.15) is 31.9 Å². The highest BCUT2D eigenvalue weighted by Crippen LogP contribution is 2.24. The maximum atomic E-state index is 9.32. The first-order chi connectivity index (χ1) is 9.45. The summed E-state index contributed by atoms with van der Waals surface area (Å²) in [7, 11) is 0. The molecule has 1 fully saturated rings. The van der Waals surface area contributed by atoms with Crippen molar-refractivity contribution in [3.05, 3.63) is 29.3 Å². The summed E-state index contributed by atoms with van der Waals surface area (Å²) in [6.45, 7) is 11.2. The van der Waals surface area contributed by atoms with Gasteiger partial charge in [-0.2, -0.15) is 5.26 Å². The molecule has 0 atom stereocenters. The minimum Gasteiger partial charge on any atom is -0.368 e. The number of hydrogen-bond donors (Lipinski definition) is 1. The molecule has 0 aliphatic carbocycles. The molecule has 2 N–H and O–H groups in total. The van der Waals surface area contributed by atoms with Gasteiger partial charge in [0, 0.05) is 38.3 Å². The van der Waals surface area contributed by atoms with Gasteiger partial charge in [0.15, 0.2) is 0 Å². The number of rotatable bonds is 2. The number of anilines is 1. The molecule has 20 heavy (non-hydrogen) atoms. The van der Waals surface area contributed by atoms with Gasteiger partial charge in [-0.25, -0.2) is 0 Å². The average Bonchev–Trinajstić information content (AvgIpc) is 2.45. The highest BCUT2D eigenvalue weighted by atomic mass is 15.3. The molecule has 2 rings (SSSR count). The van der Waals surface area contributed by atoms with E-state index in [-0.39, 0.29) is 5.54 Å². The Morgan fingerprint density at radius 2 is 1.85 bits per heavy atom. The van der Waals surface area contributed by atoms with E-state index in [1.165, 1.54) is 0 Å². The molecule has 1 aromatic rings. The van der Waals surface area contributed by atoms with E-state index in [0.717, 1.165) is 43.0 Å². The maximum Gasteiger partial charge on any atom is 0.101 e. The molecule has 0 bridgehead atoms. The molecule has 0 unspecified atom stereocenters. The van der Waals surface area contributed by atoms with Crippen LogP contribution in [-0.4, -0.2) is 36.6 Å². The zero-order chi connectivity index (χ0) is 14.8. The number of piperazine rings is 1. The van der Waals surface area contributed by atoms with E-state index in [1.54, 1.807) is 0 Å². The number of nitrogens with two attached hydrogens (primary N) is 1. The van der Waals surface area contributed by atoms with E-state index < -0.39 is 0 Å². The molecule has 1 heterocycles. The fourth-order valence-electron chi connectivity index (χ4n) is 2.69. The first-order valence-corrected chi connectivity index (χ1v) is 7.19. The summed E-state index contributed by atoms with van der Waals surface area (Å²) in [6.07, 6.45) is 0. The van der Waals surface area contributed by atoms with Gasteiger partial charge < -0.3 is 10.6 Å². The van der Waals surface area contributed by atoms with Gasteiger partial charge in [0.2, 0.25) is 0 Å². The molecule has 1 aliphatic heterocycles. The molecule has 4 heteroatoms. The van der Waals surface area contributed by atoms with Crippen LogP contribution >= 0.6 is 0 Å². The third kappa shape index (κ3) is 3.12. The van der Waals surface area contributed by atoms with Crippen LogP contribution in [-0.2, 0) is 6.54 Å². The molecule has 1 aliphatic rings. The van der Waals surface area contributed by atoms with Crippen molar-refractivity contribution in [3.8, 4) is 6.07 Å². The van der Waals surface area contributed by atoms with E-state index in [0.29, 0.717) is 6.54 Å². The van der Waals surface area contributed by atoms with E-state index >= 15 is 0 Å². The minimum absolute atomic E-state index is 0.216. The SMILES string of the molecule is CC(C)(C)N1CCN(c2ccc(CN)cc2C#N)CC1. The van der Waals surface area contributed by atoms with E-state index in [2.05, 4.69) is 36.6 Å². The average molecular weight is 272 g/mol. The summed E-state index contributed by atoms with van der Waals surface area (Å²) in [4.78, 5) is 4.80. The Morgan fingerprint density at radius 1 is 1.20 bits per heavy atom. The smallest absolute Gasteiger partial charge is 0.101 e. The van der Waals surface area contributed by atoms with Crippen molar-refractivity contribution in [1.82, 2.24) is 4.90 Å². The molecule has 0 aromatic heterocycles. The first kappa shape index (κ1) is 14.8. The quantitative estimate of drug-likeness (QED) is 0.894. The topological polar surface area (TPSA) is 56.3 Å². The Morgan fingerprint density at radius 3 is 2.35 bits per heavy atom. The molecule has 0 radical (unpaired) electrons. The third-order valence-electron chi connectivity index (χ3n) is 3.99. The van der Waals surface area contributed by atoms with Crippen LogP contribution in [0.5, 0.6) is 0 Å². The molecule has 1 saturated heterocycles. The molecule has 0 amide bonds. The monoisotopic (exact) mass is 272 g/mol. The molecule has 0 saturated carbocycles. The highest BCUT2D eigenvalue weighted by Gasteiger charge is 2.26. The van der Waals surface area contributed by atoms with E-state index in [4.69, 9.17) is 5.73 Å². The molecule has 108 valence electrons. The fourth-order valence-corrected chi connectivity index (χ4v) is 2.69. The van der Waals surface area contributed by atoms with Gasteiger partial charge in [0.1, 0.15) is 6.07 Å². The zero-order valence-corrected chi connectivity index (χ0v) is 12.7. The number of hydrogen-bond acceptors (Lipinski definition) is 4. The van der Waals surface area contributed by atoms with E-state index in [1.807, 2.05) is 18.2 Å². The van der Waals surface area contributed by atoms with Crippen molar-refractivity contribution < 1.29 is 0 Å². The first-order valence-electron chi connectivity index (χ1n) is 7.19. The second kappa shape index (κ2) is 5.82. The van der Waals surface area contributed by atoms with Crippen LogP contribution in [0.2, 0.25) is 0 Å². The Hall–Kier alpha value is -1.57. The van der Waals surface area contributed by atoms with Gasteiger partial charge >= 0.3 is 0 Å². The summed E-state index contributed by atoms with van der Waals surface area (Å²) >= 11 is 0.